The molecule has 1 saturated heterocycles. The van der Waals surface area contributed by atoms with E-state index >= 15 is 0 Å². The maximum Gasteiger partial charge on any atom is 0.291 e. The van der Waals surface area contributed by atoms with Gasteiger partial charge in [-0.05, 0) is 44.4 Å². The molecule has 11 heteroatoms. The van der Waals surface area contributed by atoms with Crippen LogP contribution in [0.25, 0.3) is 0 Å². The lowest BCUT2D eigenvalue weighted by atomic mass is 10.1. The number of carbonyl (C=O) groups excluding carboxylic acids is 3. The van der Waals surface area contributed by atoms with Gasteiger partial charge < -0.3 is 29.4 Å². The van der Waals surface area contributed by atoms with E-state index in [-0.39, 0.29) is 36.0 Å². The molecule has 2 aliphatic rings. The average Bonchev–Trinajstić information content (AvgIpc) is 3.54. The van der Waals surface area contributed by atoms with E-state index in [9.17, 15) is 14.4 Å². The lowest BCUT2D eigenvalue weighted by molar-refractivity contribution is -0.116. The molecular formula is C29H33N7O4. The molecule has 0 radical (unpaired) electrons. The number of aryl methyl sites for hydroxylation is 4. The number of fused-ring (bicyclic) bond motifs is 2. The standard InChI is InChI=1S/C29H33N7O4/c1-17-9-21-13-30-23-12-24(18(2)10-22(23)29(39)36(21)14-17)40-8-6-7-26(37)32-25-16-35(5)27(33-25)28(38)31-20-11-19(3)34(4)15-20/h10-13,15-16,21H,1,6-9,14H2,2-5H3,(H,31,38)(H,32,37)/t21-/m0/s1. The van der Waals surface area contributed by atoms with Crippen LogP contribution in [0.3, 0.4) is 0 Å². The minimum absolute atomic E-state index is 0.0483. The zero-order chi connectivity index (χ0) is 28.6. The summed E-state index contributed by atoms with van der Waals surface area (Å²) in [7, 11) is 3.60. The van der Waals surface area contributed by atoms with E-state index in [4.69, 9.17) is 4.74 Å². The summed E-state index contributed by atoms with van der Waals surface area (Å²) in [4.78, 5) is 48.9. The summed E-state index contributed by atoms with van der Waals surface area (Å²) in [5.41, 5.74) is 4.68. The van der Waals surface area contributed by atoms with Gasteiger partial charge in [-0.3, -0.25) is 19.4 Å². The first-order chi connectivity index (χ1) is 19.1. The van der Waals surface area contributed by atoms with Crippen molar-refractivity contribution in [3.8, 4) is 5.75 Å². The molecule has 2 N–H and O–H groups in total. The van der Waals surface area contributed by atoms with Gasteiger partial charge in [0.15, 0.2) is 5.82 Å². The molecule has 208 valence electrons. The van der Waals surface area contributed by atoms with Crippen molar-refractivity contribution in [3.05, 3.63) is 65.4 Å². The molecule has 0 unspecified atom stereocenters. The van der Waals surface area contributed by atoms with Crippen LogP contribution >= 0.6 is 0 Å². The number of hydrogen-bond acceptors (Lipinski definition) is 6. The number of aliphatic imine (C=N–C) groups is 1. The lowest BCUT2D eigenvalue weighted by Gasteiger charge is -2.20. The van der Waals surface area contributed by atoms with E-state index in [0.29, 0.717) is 48.1 Å². The first-order valence-electron chi connectivity index (χ1n) is 13.2. The summed E-state index contributed by atoms with van der Waals surface area (Å²) in [5.74, 6) is 0.470. The third kappa shape index (κ3) is 5.54. The Morgan fingerprint density at radius 2 is 1.93 bits per heavy atom. The highest BCUT2D eigenvalue weighted by Gasteiger charge is 2.33. The number of imidazole rings is 1. The Bertz CT molecular complexity index is 1530. The monoisotopic (exact) mass is 543 g/mol. The molecule has 1 aromatic carbocycles. The summed E-state index contributed by atoms with van der Waals surface area (Å²) >= 11 is 0. The Morgan fingerprint density at radius 1 is 1.12 bits per heavy atom. The number of carbonyl (C=O) groups is 3. The third-order valence-corrected chi connectivity index (χ3v) is 7.13. The normalized spacial score (nSPS) is 16.0. The number of rotatable bonds is 8. The van der Waals surface area contributed by atoms with Crippen molar-refractivity contribution in [2.45, 2.75) is 39.2 Å². The second-order valence-electron chi connectivity index (χ2n) is 10.4. The van der Waals surface area contributed by atoms with Gasteiger partial charge in [0, 0.05) is 57.4 Å². The molecule has 3 amide bonds. The van der Waals surface area contributed by atoms with Crippen LogP contribution in [0.4, 0.5) is 17.2 Å². The van der Waals surface area contributed by atoms with Gasteiger partial charge in [-0.15, -0.1) is 0 Å². The molecular weight excluding hydrogens is 510 g/mol. The Balaban J connectivity index is 1.13. The molecule has 3 aromatic rings. The number of nitrogens with zero attached hydrogens (tertiary/aromatic N) is 5. The highest BCUT2D eigenvalue weighted by Crippen LogP contribution is 2.34. The van der Waals surface area contributed by atoms with Crippen LogP contribution < -0.4 is 15.4 Å². The summed E-state index contributed by atoms with van der Waals surface area (Å²) in [5, 5.41) is 5.56. The number of nitrogens with one attached hydrogen (secondary N) is 2. The van der Waals surface area contributed by atoms with Crippen molar-refractivity contribution in [2.75, 3.05) is 23.8 Å². The Hall–Kier alpha value is -4.67. The van der Waals surface area contributed by atoms with Crippen molar-refractivity contribution in [1.82, 2.24) is 19.0 Å². The summed E-state index contributed by atoms with van der Waals surface area (Å²) < 4.78 is 9.42. The summed E-state index contributed by atoms with van der Waals surface area (Å²) in [6, 6.07) is 5.40. The van der Waals surface area contributed by atoms with Gasteiger partial charge in [0.05, 0.1) is 29.6 Å². The topological polar surface area (TPSA) is 123 Å². The second-order valence-corrected chi connectivity index (χ2v) is 10.4. The molecule has 4 heterocycles. The van der Waals surface area contributed by atoms with E-state index in [1.807, 2.05) is 43.8 Å². The molecule has 2 aromatic heterocycles. The molecule has 40 heavy (non-hydrogen) atoms. The van der Waals surface area contributed by atoms with Gasteiger partial charge in [-0.2, -0.15) is 0 Å². The second kappa shape index (κ2) is 10.8. The first kappa shape index (κ1) is 26.9. The molecule has 1 atom stereocenters. The predicted octanol–water partition coefficient (Wildman–Crippen LogP) is 3.91. The molecule has 0 spiro atoms. The van der Waals surface area contributed by atoms with E-state index < -0.39 is 0 Å². The number of ether oxygens (including phenoxy) is 1. The lowest BCUT2D eigenvalue weighted by Crippen LogP contribution is -2.35. The van der Waals surface area contributed by atoms with Gasteiger partial charge in [-0.1, -0.05) is 12.2 Å². The van der Waals surface area contributed by atoms with Crippen LogP contribution in [0.2, 0.25) is 0 Å². The molecule has 1 fully saturated rings. The van der Waals surface area contributed by atoms with Crippen LogP contribution in [0, 0.1) is 13.8 Å². The van der Waals surface area contributed by atoms with Gasteiger partial charge in [0.25, 0.3) is 11.8 Å². The number of hydrogen-bond donors (Lipinski definition) is 2. The summed E-state index contributed by atoms with van der Waals surface area (Å²) in [6.45, 7) is 8.71. The zero-order valence-electron chi connectivity index (χ0n) is 23.2. The minimum atomic E-state index is -0.366. The highest BCUT2D eigenvalue weighted by atomic mass is 16.5. The number of anilines is 2. The maximum absolute atomic E-state index is 13.1. The largest absolute Gasteiger partial charge is 0.493 e. The van der Waals surface area contributed by atoms with Crippen LogP contribution in [0.5, 0.6) is 5.75 Å². The van der Waals surface area contributed by atoms with Gasteiger partial charge in [0.1, 0.15) is 5.75 Å². The van der Waals surface area contributed by atoms with E-state index in [1.165, 1.54) is 0 Å². The van der Waals surface area contributed by atoms with Crippen LogP contribution in [-0.4, -0.2) is 62.1 Å². The van der Waals surface area contributed by atoms with Crippen molar-refractivity contribution >= 4 is 41.1 Å². The summed E-state index contributed by atoms with van der Waals surface area (Å²) in [6.07, 6.45) is 6.63. The minimum Gasteiger partial charge on any atom is -0.493 e. The van der Waals surface area contributed by atoms with Crippen LogP contribution in [0.1, 0.15) is 51.5 Å². The van der Waals surface area contributed by atoms with Crippen molar-refractivity contribution in [1.29, 1.82) is 0 Å². The third-order valence-electron chi connectivity index (χ3n) is 7.13. The Morgan fingerprint density at radius 3 is 2.67 bits per heavy atom. The maximum atomic E-state index is 13.1. The van der Waals surface area contributed by atoms with Crippen LogP contribution in [-0.2, 0) is 18.9 Å². The number of aromatic nitrogens is 3. The fourth-order valence-corrected chi connectivity index (χ4v) is 4.90. The molecule has 0 saturated carbocycles. The fourth-order valence-electron chi connectivity index (χ4n) is 4.90. The van der Waals surface area contributed by atoms with Crippen LogP contribution in [0.15, 0.2) is 47.7 Å². The van der Waals surface area contributed by atoms with E-state index in [1.54, 1.807) is 35.0 Å². The zero-order valence-corrected chi connectivity index (χ0v) is 23.2. The van der Waals surface area contributed by atoms with Crippen molar-refractivity contribution in [2.24, 2.45) is 19.1 Å². The molecule has 0 aliphatic carbocycles. The van der Waals surface area contributed by atoms with Crippen molar-refractivity contribution in [3.63, 3.8) is 0 Å². The smallest absolute Gasteiger partial charge is 0.291 e. The number of benzene rings is 1. The van der Waals surface area contributed by atoms with Gasteiger partial charge in [-0.25, -0.2) is 4.98 Å². The quantitative estimate of drug-likeness (QED) is 0.329. The molecule has 0 bridgehead atoms. The molecule has 11 nitrogen and oxygen atoms in total. The van der Waals surface area contributed by atoms with Gasteiger partial charge >= 0.3 is 0 Å². The fraction of sp³-hybridized carbons (Fsp3) is 0.345. The van der Waals surface area contributed by atoms with E-state index in [2.05, 4.69) is 27.2 Å². The SMILES string of the molecule is C=C1C[C@H]2C=Nc3cc(OCCCC(=O)Nc4cn(C)c(C(=O)Nc5cc(C)n(C)c5)n4)c(C)cc3C(=O)N2C1. The van der Waals surface area contributed by atoms with Gasteiger partial charge in [0.2, 0.25) is 11.7 Å². The molecule has 5 rings (SSSR count). The number of amides is 3. The average molecular weight is 544 g/mol. The molecule has 2 aliphatic heterocycles. The van der Waals surface area contributed by atoms with E-state index in [0.717, 1.165) is 23.3 Å². The first-order valence-corrected chi connectivity index (χ1v) is 13.2. The highest BCUT2D eigenvalue weighted by molar-refractivity contribution is 6.04. The Kier molecular flexibility index (Phi) is 7.29. The van der Waals surface area contributed by atoms with Crippen molar-refractivity contribution < 1.29 is 19.1 Å². The predicted molar refractivity (Wildman–Crippen MR) is 153 cm³/mol. The Labute approximate surface area is 232 Å².